The Morgan fingerprint density at radius 2 is 2.04 bits per heavy atom. The molecule has 0 aliphatic heterocycles. The first-order valence-corrected chi connectivity index (χ1v) is 7.74. The Morgan fingerprint density at radius 1 is 1.35 bits per heavy atom. The number of carbonyl (C=O) groups is 2. The summed E-state index contributed by atoms with van der Waals surface area (Å²) in [6.07, 6.45) is 1.89. The van der Waals surface area contributed by atoms with Crippen molar-refractivity contribution in [3.8, 4) is 0 Å². The number of nitrogens with two attached hydrogens (primary N) is 1. The normalized spacial score (nSPS) is 14.1. The third kappa shape index (κ3) is 7.18. The summed E-state index contributed by atoms with van der Waals surface area (Å²) >= 11 is 0. The number of tetrazole rings is 1. The number of aromatic nitrogens is 4. The number of hydrogen-bond acceptors (Lipinski definition) is 7. The SMILES string of the molecule is CCC[C@@H](NC(=O)CC[C@H](N)C(=O)OC(C)(C)C)c1nn[nH]n1. The zero-order valence-electron chi connectivity index (χ0n) is 14.1. The van der Waals surface area contributed by atoms with Crippen LogP contribution in [0.2, 0.25) is 0 Å². The monoisotopic (exact) mass is 326 g/mol. The van der Waals surface area contributed by atoms with Gasteiger partial charge in [-0.1, -0.05) is 18.6 Å². The fourth-order valence-corrected chi connectivity index (χ4v) is 1.92. The number of ether oxygens (including phenoxy) is 1. The lowest BCUT2D eigenvalue weighted by molar-refractivity contribution is -0.156. The first kappa shape index (κ1) is 19.0. The Labute approximate surface area is 135 Å². The summed E-state index contributed by atoms with van der Waals surface area (Å²) in [5.41, 5.74) is 5.17. The van der Waals surface area contributed by atoms with E-state index in [1.54, 1.807) is 20.8 Å². The van der Waals surface area contributed by atoms with Gasteiger partial charge in [0.1, 0.15) is 11.6 Å². The van der Waals surface area contributed by atoms with Crippen LogP contribution < -0.4 is 11.1 Å². The topological polar surface area (TPSA) is 136 Å². The van der Waals surface area contributed by atoms with E-state index in [1.165, 1.54) is 0 Å². The van der Waals surface area contributed by atoms with Crippen LogP contribution in [0.3, 0.4) is 0 Å². The molecular formula is C14H26N6O3. The second-order valence-electron chi connectivity index (χ2n) is 6.36. The quantitative estimate of drug-likeness (QED) is 0.595. The van der Waals surface area contributed by atoms with Gasteiger partial charge in [0.15, 0.2) is 5.82 Å². The molecule has 1 rings (SSSR count). The highest BCUT2D eigenvalue weighted by atomic mass is 16.6. The van der Waals surface area contributed by atoms with Gasteiger partial charge in [0.25, 0.3) is 0 Å². The van der Waals surface area contributed by atoms with Crippen LogP contribution in [-0.4, -0.2) is 44.1 Å². The number of carbonyl (C=O) groups excluding carboxylic acids is 2. The molecule has 0 aliphatic rings. The third-order valence-electron chi connectivity index (χ3n) is 2.98. The second-order valence-corrected chi connectivity index (χ2v) is 6.36. The van der Waals surface area contributed by atoms with Crippen molar-refractivity contribution in [2.45, 2.75) is 71.1 Å². The highest BCUT2D eigenvalue weighted by Gasteiger charge is 2.23. The highest BCUT2D eigenvalue weighted by Crippen LogP contribution is 2.14. The molecule has 0 spiro atoms. The van der Waals surface area contributed by atoms with Crippen LogP contribution in [0.15, 0.2) is 0 Å². The van der Waals surface area contributed by atoms with Crippen molar-refractivity contribution >= 4 is 11.9 Å². The van der Waals surface area contributed by atoms with E-state index in [2.05, 4.69) is 25.9 Å². The fraction of sp³-hybridized carbons (Fsp3) is 0.786. The predicted octanol–water partition coefficient (Wildman–Crippen LogP) is 0.606. The van der Waals surface area contributed by atoms with E-state index in [4.69, 9.17) is 10.5 Å². The van der Waals surface area contributed by atoms with E-state index in [-0.39, 0.29) is 24.8 Å². The molecule has 0 fully saturated rings. The summed E-state index contributed by atoms with van der Waals surface area (Å²) in [4.78, 5) is 23.8. The van der Waals surface area contributed by atoms with Gasteiger partial charge in [0.05, 0.1) is 6.04 Å². The molecule has 23 heavy (non-hydrogen) atoms. The maximum absolute atomic E-state index is 12.0. The molecule has 0 saturated heterocycles. The summed E-state index contributed by atoms with van der Waals surface area (Å²) in [5.74, 6) is -0.280. The Bertz CT molecular complexity index is 497. The van der Waals surface area contributed by atoms with Crippen molar-refractivity contribution < 1.29 is 14.3 Å². The summed E-state index contributed by atoms with van der Waals surface area (Å²) in [6, 6.07) is -1.13. The van der Waals surface area contributed by atoms with Crippen LogP contribution in [0.1, 0.15) is 65.2 Å². The van der Waals surface area contributed by atoms with Gasteiger partial charge in [-0.25, -0.2) is 0 Å². The lowest BCUT2D eigenvalue weighted by Crippen LogP contribution is -2.38. The summed E-state index contributed by atoms with van der Waals surface area (Å²) in [5, 5.41) is 16.5. The minimum Gasteiger partial charge on any atom is -0.459 e. The van der Waals surface area contributed by atoms with Crippen LogP contribution in [0.25, 0.3) is 0 Å². The summed E-state index contributed by atoms with van der Waals surface area (Å²) in [6.45, 7) is 7.30. The molecule has 1 amide bonds. The van der Waals surface area contributed by atoms with Crippen molar-refractivity contribution in [3.05, 3.63) is 5.82 Å². The number of aromatic amines is 1. The molecule has 0 unspecified atom stereocenters. The number of H-pyrrole nitrogens is 1. The molecule has 1 heterocycles. The van der Waals surface area contributed by atoms with Crippen LogP contribution in [0.5, 0.6) is 0 Å². The van der Waals surface area contributed by atoms with Gasteiger partial charge >= 0.3 is 5.97 Å². The molecule has 0 bridgehead atoms. The average Bonchev–Trinajstić information content (AvgIpc) is 2.96. The number of nitrogens with one attached hydrogen (secondary N) is 2. The molecule has 9 nitrogen and oxygen atoms in total. The van der Waals surface area contributed by atoms with Gasteiger partial charge in [-0.3, -0.25) is 9.59 Å². The van der Waals surface area contributed by atoms with Crippen LogP contribution >= 0.6 is 0 Å². The van der Waals surface area contributed by atoms with Gasteiger partial charge in [-0.15, -0.1) is 10.2 Å². The van der Waals surface area contributed by atoms with E-state index in [9.17, 15) is 9.59 Å². The van der Waals surface area contributed by atoms with Crippen molar-refractivity contribution in [1.82, 2.24) is 25.9 Å². The lowest BCUT2D eigenvalue weighted by Gasteiger charge is -2.22. The van der Waals surface area contributed by atoms with E-state index < -0.39 is 17.6 Å². The fourth-order valence-electron chi connectivity index (χ4n) is 1.92. The van der Waals surface area contributed by atoms with Crippen molar-refractivity contribution in [2.75, 3.05) is 0 Å². The van der Waals surface area contributed by atoms with E-state index in [1.807, 2.05) is 6.92 Å². The Balaban J connectivity index is 2.44. The standard InChI is InChI=1S/C14H26N6O3/c1-5-6-10(12-17-19-20-18-12)16-11(21)8-7-9(15)13(22)23-14(2,3)4/h9-10H,5-8,15H2,1-4H3,(H,16,21)(H,17,18,19,20)/t9-,10+/m0/s1. The van der Waals surface area contributed by atoms with Crippen LogP contribution in [-0.2, 0) is 14.3 Å². The van der Waals surface area contributed by atoms with E-state index >= 15 is 0 Å². The highest BCUT2D eigenvalue weighted by molar-refractivity contribution is 5.79. The average molecular weight is 326 g/mol. The molecular weight excluding hydrogens is 300 g/mol. The molecule has 1 aromatic heterocycles. The molecule has 2 atom stereocenters. The maximum atomic E-state index is 12.0. The molecule has 4 N–H and O–H groups in total. The number of hydrogen-bond donors (Lipinski definition) is 3. The number of nitrogens with zero attached hydrogens (tertiary/aromatic N) is 3. The molecule has 1 aromatic rings. The Kier molecular flexibility index (Phi) is 7.08. The maximum Gasteiger partial charge on any atom is 0.323 e. The zero-order chi connectivity index (χ0) is 17.5. The minimum absolute atomic E-state index is 0.123. The van der Waals surface area contributed by atoms with Gasteiger partial charge in [0.2, 0.25) is 5.91 Å². The molecule has 0 aliphatic carbocycles. The van der Waals surface area contributed by atoms with Gasteiger partial charge in [-0.2, -0.15) is 5.21 Å². The van der Waals surface area contributed by atoms with Gasteiger partial charge < -0.3 is 15.8 Å². The third-order valence-corrected chi connectivity index (χ3v) is 2.98. The zero-order valence-corrected chi connectivity index (χ0v) is 14.1. The summed E-state index contributed by atoms with van der Waals surface area (Å²) < 4.78 is 5.18. The Hall–Kier alpha value is -2.03. The van der Waals surface area contributed by atoms with Crippen molar-refractivity contribution in [3.63, 3.8) is 0 Å². The molecule has 0 aromatic carbocycles. The largest absolute Gasteiger partial charge is 0.459 e. The van der Waals surface area contributed by atoms with E-state index in [0.29, 0.717) is 12.2 Å². The first-order valence-electron chi connectivity index (χ1n) is 7.74. The lowest BCUT2D eigenvalue weighted by atomic mass is 10.1. The molecule has 9 heteroatoms. The molecule has 0 saturated carbocycles. The summed E-state index contributed by atoms with van der Waals surface area (Å²) in [7, 11) is 0. The van der Waals surface area contributed by atoms with Crippen LogP contribution in [0.4, 0.5) is 0 Å². The minimum atomic E-state index is -0.824. The number of amides is 1. The van der Waals surface area contributed by atoms with Crippen molar-refractivity contribution in [1.29, 1.82) is 0 Å². The van der Waals surface area contributed by atoms with Crippen LogP contribution in [0, 0.1) is 0 Å². The molecule has 130 valence electrons. The Morgan fingerprint density at radius 3 is 2.57 bits per heavy atom. The van der Waals surface area contributed by atoms with Gasteiger partial charge in [0, 0.05) is 6.42 Å². The van der Waals surface area contributed by atoms with E-state index in [0.717, 1.165) is 6.42 Å². The smallest absolute Gasteiger partial charge is 0.323 e. The number of esters is 1. The second kappa shape index (κ2) is 8.56. The first-order chi connectivity index (χ1) is 10.7. The molecule has 0 radical (unpaired) electrons. The van der Waals surface area contributed by atoms with Crippen molar-refractivity contribution in [2.24, 2.45) is 5.73 Å². The predicted molar refractivity (Wildman–Crippen MR) is 83.0 cm³/mol. The number of rotatable bonds is 8. The van der Waals surface area contributed by atoms with Gasteiger partial charge in [-0.05, 0) is 33.6 Å².